The van der Waals surface area contributed by atoms with Gasteiger partial charge in [-0.2, -0.15) is 0 Å². The number of fused-ring (bicyclic) bond motifs is 1. The minimum Gasteiger partial charge on any atom is -0.388 e. The molecule has 0 unspecified atom stereocenters. The van der Waals surface area contributed by atoms with Crippen molar-refractivity contribution in [1.29, 1.82) is 0 Å². The molecule has 0 spiro atoms. The second-order valence-corrected chi connectivity index (χ2v) is 3.23. The summed E-state index contributed by atoms with van der Waals surface area (Å²) in [4.78, 5) is 12.8. The number of carbonyl (C=O) groups excluding carboxylic acids is 1. The molecule has 1 heterocycles. The summed E-state index contributed by atoms with van der Waals surface area (Å²) in [6, 6.07) is 5.67. The molecular weight excluding hydrogens is 180 g/mol. The first-order chi connectivity index (χ1) is 6.76. The van der Waals surface area contributed by atoms with Gasteiger partial charge in [-0.3, -0.25) is 9.69 Å². The van der Waals surface area contributed by atoms with Gasteiger partial charge in [0.15, 0.2) is 0 Å². The largest absolute Gasteiger partial charge is 0.388 e. The lowest BCUT2D eigenvalue weighted by molar-refractivity contribution is -0.118. The Morgan fingerprint density at radius 2 is 2.36 bits per heavy atom. The molecule has 1 aromatic carbocycles. The molecule has 1 amide bonds. The van der Waals surface area contributed by atoms with Crippen LogP contribution in [0.4, 0.5) is 11.4 Å². The van der Waals surface area contributed by atoms with Gasteiger partial charge in [-0.25, -0.2) is 0 Å². The third-order valence-electron chi connectivity index (χ3n) is 2.44. The Bertz CT molecular complexity index is 376. The highest BCUT2D eigenvalue weighted by Gasteiger charge is 2.26. The average molecular weight is 192 g/mol. The molecule has 1 aromatic rings. The molecule has 0 aromatic heterocycles. The van der Waals surface area contributed by atoms with E-state index in [1.807, 2.05) is 25.2 Å². The monoisotopic (exact) mass is 192 g/mol. The Kier molecular flexibility index (Phi) is 2.13. The van der Waals surface area contributed by atoms with Gasteiger partial charge >= 0.3 is 0 Å². The molecule has 4 heteroatoms. The van der Waals surface area contributed by atoms with Gasteiger partial charge in [0.05, 0.1) is 6.42 Å². The van der Waals surface area contributed by atoms with Crippen LogP contribution in [0.25, 0.3) is 0 Å². The maximum Gasteiger partial charge on any atom is 0.233 e. The summed E-state index contributed by atoms with van der Waals surface area (Å²) in [5, 5.41) is 12.0. The third-order valence-corrected chi connectivity index (χ3v) is 2.44. The number of carbonyl (C=O) groups is 1. The Labute approximate surface area is 82.2 Å². The third kappa shape index (κ3) is 1.24. The van der Waals surface area contributed by atoms with E-state index in [9.17, 15) is 4.79 Å². The highest BCUT2D eigenvalue weighted by atomic mass is 16.3. The van der Waals surface area contributed by atoms with E-state index in [0.29, 0.717) is 6.42 Å². The number of anilines is 2. The Hall–Kier alpha value is -1.55. The van der Waals surface area contributed by atoms with E-state index in [0.717, 1.165) is 16.9 Å². The van der Waals surface area contributed by atoms with E-state index in [2.05, 4.69) is 5.32 Å². The number of aliphatic hydroxyl groups is 1. The fourth-order valence-corrected chi connectivity index (χ4v) is 1.69. The van der Waals surface area contributed by atoms with Gasteiger partial charge in [-0.1, -0.05) is 0 Å². The maximum absolute atomic E-state index is 11.4. The van der Waals surface area contributed by atoms with E-state index in [1.54, 1.807) is 0 Å². The van der Waals surface area contributed by atoms with Crippen molar-refractivity contribution in [2.24, 2.45) is 0 Å². The number of amides is 1. The molecule has 1 aliphatic heterocycles. The lowest BCUT2D eigenvalue weighted by atomic mass is 10.1. The summed E-state index contributed by atoms with van der Waals surface area (Å²) in [6.45, 7) is -0.245. The molecule has 0 saturated carbocycles. The SMILES string of the molecule is CNc1ccc2c(c1)CC(=O)N2CO. The highest BCUT2D eigenvalue weighted by molar-refractivity contribution is 6.01. The van der Waals surface area contributed by atoms with E-state index in [-0.39, 0.29) is 12.6 Å². The van der Waals surface area contributed by atoms with Gasteiger partial charge in [0, 0.05) is 18.4 Å². The number of rotatable bonds is 2. The molecule has 0 bridgehead atoms. The number of hydrogen-bond donors (Lipinski definition) is 2. The van der Waals surface area contributed by atoms with Gasteiger partial charge in [-0.05, 0) is 23.8 Å². The predicted molar refractivity (Wildman–Crippen MR) is 54.3 cm³/mol. The maximum atomic E-state index is 11.4. The lowest BCUT2D eigenvalue weighted by Crippen LogP contribution is -2.27. The van der Waals surface area contributed by atoms with Crippen LogP contribution < -0.4 is 10.2 Å². The van der Waals surface area contributed by atoms with Crippen LogP contribution in [0.15, 0.2) is 18.2 Å². The van der Waals surface area contributed by atoms with Crippen LogP contribution in [0.5, 0.6) is 0 Å². The highest BCUT2D eigenvalue weighted by Crippen LogP contribution is 2.30. The van der Waals surface area contributed by atoms with Crippen molar-refractivity contribution >= 4 is 17.3 Å². The standard InChI is InChI=1S/C10H12N2O2/c1-11-8-2-3-9-7(4-8)5-10(14)12(9)6-13/h2-4,11,13H,5-6H2,1H3. The average Bonchev–Trinajstić information content (AvgIpc) is 2.51. The molecular formula is C10H12N2O2. The van der Waals surface area contributed by atoms with Crippen LogP contribution in [0.2, 0.25) is 0 Å². The Morgan fingerprint density at radius 1 is 1.57 bits per heavy atom. The zero-order valence-electron chi connectivity index (χ0n) is 7.95. The molecule has 0 aliphatic carbocycles. The van der Waals surface area contributed by atoms with Crippen molar-refractivity contribution in [3.8, 4) is 0 Å². The van der Waals surface area contributed by atoms with Gasteiger partial charge in [0.1, 0.15) is 6.73 Å². The van der Waals surface area contributed by atoms with Gasteiger partial charge in [0.25, 0.3) is 0 Å². The number of benzene rings is 1. The molecule has 2 rings (SSSR count). The van der Waals surface area contributed by atoms with Crippen molar-refractivity contribution in [2.75, 3.05) is 24.0 Å². The molecule has 0 radical (unpaired) electrons. The minimum atomic E-state index is -0.245. The van der Waals surface area contributed by atoms with Crippen molar-refractivity contribution in [2.45, 2.75) is 6.42 Å². The van der Waals surface area contributed by atoms with Crippen LogP contribution in [0.1, 0.15) is 5.56 Å². The topological polar surface area (TPSA) is 52.6 Å². The molecule has 2 N–H and O–H groups in total. The predicted octanol–water partition coefficient (Wildman–Crippen LogP) is 0.567. The molecule has 0 saturated heterocycles. The Balaban J connectivity index is 2.42. The summed E-state index contributed by atoms with van der Waals surface area (Å²) in [5.74, 6) is -0.0456. The van der Waals surface area contributed by atoms with Crippen LogP contribution in [-0.4, -0.2) is 24.8 Å². The van der Waals surface area contributed by atoms with Crippen molar-refractivity contribution in [3.63, 3.8) is 0 Å². The van der Waals surface area contributed by atoms with E-state index >= 15 is 0 Å². The van der Waals surface area contributed by atoms with Crippen LogP contribution in [0.3, 0.4) is 0 Å². The lowest BCUT2D eigenvalue weighted by Gasteiger charge is -2.13. The van der Waals surface area contributed by atoms with Crippen LogP contribution >= 0.6 is 0 Å². The van der Waals surface area contributed by atoms with E-state index in [1.165, 1.54) is 4.90 Å². The summed E-state index contributed by atoms with van der Waals surface area (Å²) in [6.07, 6.45) is 0.380. The number of hydrogen-bond acceptors (Lipinski definition) is 3. The van der Waals surface area contributed by atoms with Gasteiger partial charge < -0.3 is 10.4 Å². The molecule has 0 fully saturated rings. The number of nitrogens with one attached hydrogen (secondary N) is 1. The van der Waals surface area contributed by atoms with Gasteiger partial charge in [-0.15, -0.1) is 0 Å². The fraction of sp³-hybridized carbons (Fsp3) is 0.300. The van der Waals surface area contributed by atoms with Gasteiger partial charge in [0.2, 0.25) is 5.91 Å². The van der Waals surface area contributed by atoms with Crippen molar-refractivity contribution in [3.05, 3.63) is 23.8 Å². The normalized spacial score (nSPS) is 14.4. The first-order valence-corrected chi connectivity index (χ1v) is 4.48. The molecule has 0 atom stereocenters. The van der Waals surface area contributed by atoms with E-state index in [4.69, 9.17) is 5.11 Å². The second kappa shape index (κ2) is 3.31. The summed E-state index contributed by atoms with van der Waals surface area (Å²) in [5.41, 5.74) is 2.77. The van der Waals surface area contributed by atoms with Crippen LogP contribution in [-0.2, 0) is 11.2 Å². The second-order valence-electron chi connectivity index (χ2n) is 3.23. The smallest absolute Gasteiger partial charge is 0.233 e. The van der Waals surface area contributed by atoms with Crippen molar-refractivity contribution < 1.29 is 9.90 Å². The quantitative estimate of drug-likeness (QED) is 0.720. The van der Waals surface area contributed by atoms with Crippen molar-refractivity contribution in [1.82, 2.24) is 0 Å². The van der Waals surface area contributed by atoms with E-state index < -0.39 is 0 Å². The first-order valence-electron chi connectivity index (χ1n) is 4.48. The molecule has 74 valence electrons. The van der Waals surface area contributed by atoms with Crippen LogP contribution in [0, 0.1) is 0 Å². The zero-order chi connectivity index (χ0) is 10.1. The Morgan fingerprint density at radius 3 is 3.00 bits per heavy atom. The summed E-state index contributed by atoms with van der Waals surface area (Å²) >= 11 is 0. The summed E-state index contributed by atoms with van der Waals surface area (Å²) < 4.78 is 0. The minimum absolute atomic E-state index is 0.0456. The first kappa shape index (κ1) is 9.02. The number of nitrogens with zero attached hydrogens (tertiary/aromatic N) is 1. The molecule has 1 aliphatic rings. The zero-order valence-corrected chi connectivity index (χ0v) is 7.95. The number of aliphatic hydroxyl groups excluding tert-OH is 1. The molecule has 14 heavy (non-hydrogen) atoms. The fourth-order valence-electron chi connectivity index (χ4n) is 1.69. The summed E-state index contributed by atoms with van der Waals surface area (Å²) in [7, 11) is 1.84. The molecule has 4 nitrogen and oxygen atoms in total.